The van der Waals surface area contributed by atoms with Crippen LogP contribution < -0.4 is 10.9 Å². The van der Waals surface area contributed by atoms with E-state index in [1.807, 2.05) is 12.1 Å². The average Bonchev–Trinajstić information content (AvgIpc) is 3.42. The van der Waals surface area contributed by atoms with Gasteiger partial charge in [-0.2, -0.15) is 0 Å². The normalized spacial score (nSPS) is 19.6. The molecule has 1 N–H and O–H groups in total. The van der Waals surface area contributed by atoms with Gasteiger partial charge in [0, 0.05) is 18.0 Å². The van der Waals surface area contributed by atoms with Gasteiger partial charge in [-0.3, -0.25) is 9.36 Å². The number of thiophene rings is 1. The zero-order chi connectivity index (χ0) is 18.9. The second-order valence-corrected chi connectivity index (χ2v) is 8.75. The molecule has 5 rings (SSSR count). The Kier molecular flexibility index (Phi) is 4.94. The van der Waals surface area contributed by atoms with Crippen LogP contribution in [-0.4, -0.2) is 28.8 Å². The van der Waals surface area contributed by atoms with Crippen LogP contribution in [0.15, 0.2) is 27.6 Å². The summed E-state index contributed by atoms with van der Waals surface area (Å²) in [5.74, 6) is 1.37. The van der Waals surface area contributed by atoms with Crippen LogP contribution in [0.5, 0.6) is 0 Å². The zero-order valence-electron chi connectivity index (χ0n) is 15.9. The molecule has 3 aromatic heterocycles. The molecule has 1 saturated heterocycles. The molecule has 0 unspecified atom stereocenters. The van der Waals surface area contributed by atoms with Gasteiger partial charge in [0.25, 0.3) is 5.56 Å². The Bertz CT molecular complexity index is 1020. The molecular formula is C21H25N3O3S. The minimum absolute atomic E-state index is 0.0376. The highest BCUT2D eigenvalue weighted by molar-refractivity contribution is 7.18. The molecule has 0 saturated carbocycles. The smallest absolute Gasteiger partial charge is 0.264 e. The molecule has 4 heterocycles. The highest BCUT2D eigenvalue weighted by Gasteiger charge is 2.23. The first-order chi connectivity index (χ1) is 13.8. The van der Waals surface area contributed by atoms with E-state index in [9.17, 15) is 4.79 Å². The Labute approximate surface area is 167 Å². The summed E-state index contributed by atoms with van der Waals surface area (Å²) < 4.78 is 13.0. The Morgan fingerprint density at radius 2 is 2.18 bits per heavy atom. The van der Waals surface area contributed by atoms with Gasteiger partial charge in [0.1, 0.15) is 10.6 Å². The summed E-state index contributed by atoms with van der Waals surface area (Å²) in [7, 11) is 0. The number of hydrogen-bond donors (Lipinski definition) is 1. The predicted octanol–water partition coefficient (Wildman–Crippen LogP) is 3.96. The number of fused-ring (bicyclic) bond motifs is 3. The van der Waals surface area contributed by atoms with Gasteiger partial charge < -0.3 is 14.5 Å². The molecule has 1 fully saturated rings. The number of furan rings is 1. The van der Waals surface area contributed by atoms with Gasteiger partial charge in [-0.15, -0.1) is 11.3 Å². The molecule has 1 aliphatic carbocycles. The van der Waals surface area contributed by atoms with Crippen molar-refractivity contribution in [1.29, 1.82) is 0 Å². The zero-order valence-corrected chi connectivity index (χ0v) is 16.7. The molecule has 7 heteroatoms. The molecule has 0 spiro atoms. The van der Waals surface area contributed by atoms with Crippen LogP contribution in [0.1, 0.15) is 48.3 Å². The van der Waals surface area contributed by atoms with Crippen LogP contribution in [0.4, 0.5) is 5.95 Å². The molecule has 0 radical (unpaired) electrons. The predicted molar refractivity (Wildman–Crippen MR) is 110 cm³/mol. The summed E-state index contributed by atoms with van der Waals surface area (Å²) in [6, 6.07) is 3.75. The van der Waals surface area contributed by atoms with Crippen LogP contribution in [0.2, 0.25) is 0 Å². The SMILES string of the molecule is O=c1c2c3c(sc2nc(NC[C@H]2CCCO2)n1Cc1ccco1)CCCCC3. The minimum Gasteiger partial charge on any atom is -0.467 e. The van der Waals surface area contributed by atoms with E-state index in [1.54, 1.807) is 22.2 Å². The van der Waals surface area contributed by atoms with Crippen LogP contribution in [0.3, 0.4) is 0 Å². The van der Waals surface area contributed by atoms with Gasteiger partial charge in [-0.05, 0) is 56.2 Å². The van der Waals surface area contributed by atoms with Crippen molar-refractivity contribution in [3.63, 3.8) is 0 Å². The van der Waals surface area contributed by atoms with Crippen molar-refractivity contribution in [2.45, 2.75) is 57.6 Å². The van der Waals surface area contributed by atoms with Gasteiger partial charge >= 0.3 is 0 Å². The van der Waals surface area contributed by atoms with Crippen molar-refractivity contribution in [1.82, 2.24) is 9.55 Å². The summed E-state index contributed by atoms with van der Waals surface area (Å²) in [4.78, 5) is 20.6. The van der Waals surface area contributed by atoms with Crippen molar-refractivity contribution < 1.29 is 9.15 Å². The lowest BCUT2D eigenvalue weighted by Crippen LogP contribution is -2.28. The van der Waals surface area contributed by atoms with Gasteiger partial charge in [0.2, 0.25) is 5.95 Å². The molecule has 0 amide bonds. The minimum atomic E-state index is 0.0376. The van der Waals surface area contributed by atoms with E-state index < -0.39 is 0 Å². The van der Waals surface area contributed by atoms with Gasteiger partial charge in [0.15, 0.2) is 0 Å². The fourth-order valence-electron chi connectivity index (χ4n) is 4.27. The lowest BCUT2D eigenvalue weighted by Gasteiger charge is -2.16. The molecular weight excluding hydrogens is 374 g/mol. The van der Waals surface area contributed by atoms with E-state index in [0.29, 0.717) is 19.0 Å². The van der Waals surface area contributed by atoms with Crippen molar-refractivity contribution in [2.24, 2.45) is 0 Å². The molecule has 28 heavy (non-hydrogen) atoms. The molecule has 3 aromatic rings. The summed E-state index contributed by atoms with van der Waals surface area (Å²) in [5, 5.41) is 4.20. The van der Waals surface area contributed by atoms with E-state index in [4.69, 9.17) is 14.1 Å². The van der Waals surface area contributed by atoms with Gasteiger partial charge in [-0.1, -0.05) is 6.42 Å². The lowest BCUT2D eigenvalue weighted by atomic mass is 10.1. The molecule has 0 bridgehead atoms. The van der Waals surface area contributed by atoms with E-state index >= 15 is 0 Å². The maximum atomic E-state index is 13.5. The van der Waals surface area contributed by atoms with Crippen molar-refractivity contribution >= 4 is 27.5 Å². The fourth-order valence-corrected chi connectivity index (χ4v) is 5.52. The number of hydrogen-bond acceptors (Lipinski definition) is 6. The topological polar surface area (TPSA) is 69.3 Å². The lowest BCUT2D eigenvalue weighted by molar-refractivity contribution is 0.120. The number of anilines is 1. The Hall–Kier alpha value is -2.12. The Morgan fingerprint density at radius 1 is 1.25 bits per heavy atom. The first-order valence-corrected chi connectivity index (χ1v) is 11.0. The summed E-state index contributed by atoms with van der Waals surface area (Å²) in [5.41, 5.74) is 1.27. The monoisotopic (exact) mass is 399 g/mol. The molecule has 148 valence electrons. The average molecular weight is 400 g/mol. The molecule has 1 aliphatic heterocycles. The number of ether oxygens (including phenoxy) is 1. The number of nitrogens with zero attached hydrogens (tertiary/aromatic N) is 2. The number of rotatable bonds is 5. The largest absolute Gasteiger partial charge is 0.467 e. The Balaban J connectivity index is 1.58. The fraction of sp³-hybridized carbons (Fsp3) is 0.524. The third-order valence-electron chi connectivity index (χ3n) is 5.73. The van der Waals surface area contributed by atoms with E-state index in [1.165, 1.54) is 23.3 Å². The highest BCUT2D eigenvalue weighted by Crippen LogP contribution is 2.33. The summed E-state index contributed by atoms with van der Waals surface area (Å²) >= 11 is 1.70. The summed E-state index contributed by atoms with van der Waals surface area (Å²) in [6.45, 7) is 1.87. The maximum absolute atomic E-state index is 13.5. The van der Waals surface area contributed by atoms with Crippen LogP contribution in [-0.2, 0) is 24.1 Å². The van der Waals surface area contributed by atoms with Gasteiger partial charge in [-0.25, -0.2) is 4.98 Å². The van der Waals surface area contributed by atoms with Crippen LogP contribution >= 0.6 is 11.3 Å². The van der Waals surface area contributed by atoms with Crippen LogP contribution in [0, 0.1) is 0 Å². The molecule has 1 atom stereocenters. The molecule has 6 nitrogen and oxygen atoms in total. The first kappa shape index (κ1) is 17.9. The van der Waals surface area contributed by atoms with Gasteiger partial charge in [0.05, 0.1) is 24.3 Å². The molecule has 2 aliphatic rings. The first-order valence-electron chi connectivity index (χ1n) is 10.2. The molecule has 0 aromatic carbocycles. The Morgan fingerprint density at radius 3 is 3.00 bits per heavy atom. The van der Waals surface area contributed by atoms with Crippen molar-refractivity contribution in [2.75, 3.05) is 18.5 Å². The highest BCUT2D eigenvalue weighted by atomic mass is 32.1. The van der Waals surface area contributed by atoms with E-state index in [-0.39, 0.29) is 11.7 Å². The number of aryl methyl sites for hydroxylation is 2. The van der Waals surface area contributed by atoms with Crippen LogP contribution in [0.25, 0.3) is 10.2 Å². The second kappa shape index (κ2) is 7.72. The summed E-state index contributed by atoms with van der Waals surface area (Å²) in [6.07, 6.45) is 9.59. The second-order valence-electron chi connectivity index (χ2n) is 7.67. The van der Waals surface area contributed by atoms with Crippen molar-refractivity contribution in [3.05, 3.63) is 45.0 Å². The van der Waals surface area contributed by atoms with Crippen molar-refractivity contribution in [3.8, 4) is 0 Å². The standard InChI is InChI=1S/C21H25N3O3S/c25-20-18-16-8-2-1-3-9-17(16)28-19(18)23-21(22-12-14-6-4-10-26-14)24(20)13-15-7-5-11-27-15/h5,7,11,14H,1-4,6,8-10,12-13H2,(H,22,23)/t14-/m1/s1. The third kappa shape index (κ3) is 3.37. The van der Waals surface area contributed by atoms with E-state index in [2.05, 4.69) is 5.32 Å². The number of nitrogens with one attached hydrogen (secondary N) is 1. The third-order valence-corrected chi connectivity index (χ3v) is 6.92. The quantitative estimate of drug-likeness (QED) is 0.658. The van der Waals surface area contributed by atoms with E-state index in [0.717, 1.165) is 54.7 Å². The number of aromatic nitrogens is 2. The maximum Gasteiger partial charge on any atom is 0.264 e.